The van der Waals surface area contributed by atoms with Crippen LogP contribution in [0.2, 0.25) is 0 Å². The zero-order valence-corrected chi connectivity index (χ0v) is 8.60. The van der Waals surface area contributed by atoms with Crippen LogP contribution >= 0.6 is 11.3 Å². The van der Waals surface area contributed by atoms with Gasteiger partial charge in [-0.05, 0) is 36.2 Å². The lowest BCUT2D eigenvalue weighted by atomic mass is 9.91. The molecule has 0 saturated heterocycles. The van der Waals surface area contributed by atoms with Crippen LogP contribution in [0.25, 0.3) is 0 Å². The standard InChI is InChI=1S/C10H17NS/c1-8(2)9(5-6-11)10-4-3-7-12-10/h3-4,7-9H,5-6,11H2,1-2H3. The Morgan fingerprint density at radius 2 is 2.25 bits per heavy atom. The summed E-state index contributed by atoms with van der Waals surface area (Å²) < 4.78 is 0. The Kier molecular flexibility index (Phi) is 3.76. The zero-order chi connectivity index (χ0) is 8.97. The molecule has 1 rings (SSSR count). The molecule has 12 heavy (non-hydrogen) atoms. The molecule has 0 saturated carbocycles. The second kappa shape index (κ2) is 4.63. The van der Waals surface area contributed by atoms with Gasteiger partial charge in [-0.2, -0.15) is 0 Å². The summed E-state index contributed by atoms with van der Waals surface area (Å²) in [4.78, 5) is 1.48. The molecular formula is C10H17NS. The molecule has 1 nitrogen and oxygen atoms in total. The van der Waals surface area contributed by atoms with Crippen molar-refractivity contribution >= 4 is 11.3 Å². The Balaban J connectivity index is 2.66. The number of thiophene rings is 1. The van der Waals surface area contributed by atoms with E-state index in [-0.39, 0.29) is 0 Å². The lowest BCUT2D eigenvalue weighted by molar-refractivity contribution is 0.480. The predicted molar refractivity (Wildman–Crippen MR) is 55.6 cm³/mol. The van der Waals surface area contributed by atoms with Crippen LogP contribution in [0, 0.1) is 5.92 Å². The number of rotatable bonds is 4. The Morgan fingerprint density at radius 3 is 2.67 bits per heavy atom. The molecule has 2 N–H and O–H groups in total. The van der Waals surface area contributed by atoms with Crippen LogP contribution in [0.4, 0.5) is 0 Å². The van der Waals surface area contributed by atoms with Gasteiger partial charge in [0, 0.05) is 4.88 Å². The van der Waals surface area contributed by atoms with Crippen LogP contribution in [0.5, 0.6) is 0 Å². The molecule has 1 aromatic rings. The van der Waals surface area contributed by atoms with Crippen molar-refractivity contribution in [3.63, 3.8) is 0 Å². The number of nitrogens with two attached hydrogens (primary N) is 1. The Bertz CT molecular complexity index is 204. The minimum absolute atomic E-state index is 0.662. The van der Waals surface area contributed by atoms with E-state index in [4.69, 9.17) is 5.73 Å². The summed E-state index contributed by atoms with van der Waals surface area (Å²) in [6.07, 6.45) is 1.11. The third-order valence-electron chi connectivity index (χ3n) is 2.19. The van der Waals surface area contributed by atoms with Crippen molar-refractivity contribution in [1.82, 2.24) is 0 Å². The van der Waals surface area contributed by atoms with E-state index in [1.807, 2.05) is 11.3 Å². The predicted octanol–water partition coefficient (Wildman–Crippen LogP) is 2.84. The highest BCUT2D eigenvalue weighted by molar-refractivity contribution is 7.10. The van der Waals surface area contributed by atoms with E-state index in [0.29, 0.717) is 11.8 Å². The van der Waals surface area contributed by atoms with Gasteiger partial charge in [0.05, 0.1) is 0 Å². The molecule has 0 amide bonds. The Labute approximate surface area is 78.6 Å². The Morgan fingerprint density at radius 1 is 1.50 bits per heavy atom. The zero-order valence-electron chi connectivity index (χ0n) is 7.79. The molecular weight excluding hydrogens is 166 g/mol. The van der Waals surface area contributed by atoms with Gasteiger partial charge in [0.25, 0.3) is 0 Å². The van der Waals surface area contributed by atoms with Crippen LogP contribution in [0.3, 0.4) is 0 Å². The van der Waals surface area contributed by atoms with Crippen molar-refractivity contribution in [2.45, 2.75) is 26.2 Å². The summed E-state index contributed by atoms with van der Waals surface area (Å²) in [5, 5.41) is 2.14. The van der Waals surface area contributed by atoms with Crippen LogP contribution < -0.4 is 5.73 Å². The average Bonchev–Trinajstić information content (AvgIpc) is 2.51. The fourth-order valence-corrected chi connectivity index (χ4v) is 2.52. The van der Waals surface area contributed by atoms with Crippen LogP contribution in [-0.4, -0.2) is 6.54 Å². The highest BCUT2D eigenvalue weighted by Crippen LogP contribution is 2.30. The first kappa shape index (κ1) is 9.75. The van der Waals surface area contributed by atoms with Crippen molar-refractivity contribution in [3.05, 3.63) is 22.4 Å². The summed E-state index contributed by atoms with van der Waals surface area (Å²) in [5.41, 5.74) is 5.58. The minimum Gasteiger partial charge on any atom is -0.330 e. The lowest BCUT2D eigenvalue weighted by Crippen LogP contribution is -2.11. The second-order valence-corrected chi connectivity index (χ2v) is 4.42. The van der Waals surface area contributed by atoms with Gasteiger partial charge in [-0.15, -0.1) is 11.3 Å². The largest absolute Gasteiger partial charge is 0.330 e. The molecule has 1 aromatic heterocycles. The second-order valence-electron chi connectivity index (χ2n) is 3.44. The highest BCUT2D eigenvalue weighted by Gasteiger charge is 2.15. The van der Waals surface area contributed by atoms with Crippen molar-refractivity contribution in [3.8, 4) is 0 Å². The van der Waals surface area contributed by atoms with E-state index >= 15 is 0 Å². The van der Waals surface area contributed by atoms with Gasteiger partial charge in [-0.25, -0.2) is 0 Å². The summed E-state index contributed by atoms with van der Waals surface area (Å²) in [7, 11) is 0. The van der Waals surface area contributed by atoms with E-state index < -0.39 is 0 Å². The fourth-order valence-electron chi connectivity index (χ4n) is 1.49. The molecule has 2 heteroatoms. The topological polar surface area (TPSA) is 26.0 Å². The molecule has 1 unspecified atom stereocenters. The maximum atomic E-state index is 5.58. The van der Waals surface area contributed by atoms with Crippen LogP contribution in [0.15, 0.2) is 17.5 Å². The Hall–Kier alpha value is -0.340. The summed E-state index contributed by atoms with van der Waals surface area (Å²) >= 11 is 1.84. The molecule has 0 bridgehead atoms. The fraction of sp³-hybridized carbons (Fsp3) is 0.600. The maximum absolute atomic E-state index is 5.58. The summed E-state index contributed by atoms with van der Waals surface area (Å²) in [6.45, 7) is 5.32. The molecule has 0 aromatic carbocycles. The SMILES string of the molecule is CC(C)C(CCN)c1cccs1. The van der Waals surface area contributed by atoms with Gasteiger partial charge in [0.15, 0.2) is 0 Å². The molecule has 0 aliphatic heterocycles. The van der Waals surface area contributed by atoms with Crippen molar-refractivity contribution in [2.24, 2.45) is 11.7 Å². The first-order valence-electron chi connectivity index (χ1n) is 4.49. The third-order valence-corrected chi connectivity index (χ3v) is 3.20. The summed E-state index contributed by atoms with van der Waals surface area (Å²) in [5.74, 6) is 1.36. The van der Waals surface area contributed by atoms with E-state index in [2.05, 4.69) is 31.4 Å². The van der Waals surface area contributed by atoms with E-state index in [1.165, 1.54) is 4.88 Å². The van der Waals surface area contributed by atoms with Crippen molar-refractivity contribution < 1.29 is 0 Å². The monoisotopic (exact) mass is 183 g/mol. The molecule has 0 fully saturated rings. The molecule has 0 radical (unpaired) electrons. The molecule has 68 valence electrons. The number of hydrogen-bond donors (Lipinski definition) is 1. The average molecular weight is 183 g/mol. The third kappa shape index (κ3) is 2.32. The van der Waals surface area contributed by atoms with Crippen LogP contribution in [-0.2, 0) is 0 Å². The van der Waals surface area contributed by atoms with Gasteiger partial charge < -0.3 is 5.73 Å². The smallest absolute Gasteiger partial charge is 0.00792 e. The van der Waals surface area contributed by atoms with Gasteiger partial charge in [-0.3, -0.25) is 0 Å². The van der Waals surface area contributed by atoms with Gasteiger partial charge in [0.1, 0.15) is 0 Å². The molecule has 0 spiro atoms. The first-order valence-corrected chi connectivity index (χ1v) is 5.37. The molecule has 1 atom stereocenters. The highest BCUT2D eigenvalue weighted by atomic mass is 32.1. The van der Waals surface area contributed by atoms with E-state index in [0.717, 1.165) is 13.0 Å². The molecule has 0 aliphatic rings. The van der Waals surface area contributed by atoms with E-state index in [9.17, 15) is 0 Å². The molecule has 1 heterocycles. The maximum Gasteiger partial charge on any atom is 0.00792 e. The van der Waals surface area contributed by atoms with Crippen molar-refractivity contribution in [2.75, 3.05) is 6.54 Å². The van der Waals surface area contributed by atoms with Gasteiger partial charge in [-0.1, -0.05) is 19.9 Å². The minimum atomic E-state index is 0.662. The van der Waals surface area contributed by atoms with E-state index in [1.54, 1.807) is 0 Å². The number of hydrogen-bond acceptors (Lipinski definition) is 2. The lowest BCUT2D eigenvalue weighted by Gasteiger charge is -2.18. The first-order chi connectivity index (χ1) is 5.75. The van der Waals surface area contributed by atoms with Crippen molar-refractivity contribution in [1.29, 1.82) is 0 Å². The quantitative estimate of drug-likeness (QED) is 0.763. The summed E-state index contributed by atoms with van der Waals surface area (Å²) in [6, 6.07) is 4.33. The normalized spacial score (nSPS) is 13.7. The van der Waals surface area contributed by atoms with Crippen LogP contribution in [0.1, 0.15) is 31.1 Å². The van der Waals surface area contributed by atoms with Gasteiger partial charge >= 0.3 is 0 Å². The van der Waals surface area contributed by atoms with Gasteiger partial charge in [0.2, 0.25) is 0 Å². The molecule has 0 aliphatic carbocycles.